The molecule has 11 heteroatoms. The molecule has 0 aliphatic rings. The van der Waals surface area contributed by atoms with Crippen molar-refractivity contribution in [3.63, 3.8) is 0 Å². The first-order valence-electron chi connectivity index (χ1n) is 10.8. The fourth-order valence-corrected chi connectivity index (χ4v) is 6.13. The Hall–Kier alpha value is -2.89. The van der Waals surface area contributed by atoms with Crippen LogP contribution in [0.2, 0.25) is 0 Å². The molecule has 3 aromatic rings. The van der Waals surface area contributed by atoms with Crippen LogP contribution >= 0.6 is 11.3 Å². The van der Waals surface area contributed by atoms with E-state index in [1.54, 1.807) is 30.3 Å². The number of nitrogens with zero attached hydrogens (tertiary/aromatic N) is 2. The summed E-state index contributed by atoms with van der Waals surface area (Å²) in [5.74, 6) is 0.684. The second kappa shape index (κ2) is 11.0. The predicted molar refractivity (Wildman–Crippen MR) is 133 cm³/mol. The molecule has 0 aliphatic heterocycles. The van der Waals surface area contributed by atoms with Crippen molar-refractivity contribution in [2.24, 2.45) is 0 Å². The van der Waals surface area contributed by atoms with Crippen LogP contribution in [-0.2, 0) is 10.0 Å². The molecule has 0 unspecified atom stereocenters. The van der Waals surface area contributed by atoms with Crippen LogP contribution in [0.15, 0.2) is 35.2 Å². The van der Waals surface area contributed by atoms with E-state index < -0.39 is 15.9 Å². The average Bonchev–Trinajstić information content (AvgIpc) is 3.24. The molecule has 9 nitrogen and oxygen atoms in total. The van der Waals surface area contributed by atoms with Crippen LogP contribution in [0.25, 0.3) is 10.2 Å². The van der Waals surface area contributed by atoms with Crippen LogP contribution in [-0.4, -0.2) is 58.0 Å². The molecule has 184 valence electrons. The average molecular weight is 508 g/mol. The number of hydrogen-bond donors (Lipinski definition) is 1. The number of thiazole rings is 1. The summed E-state index contributed by atoms with van der Waals surface area (Å²) in [6.45, 7) is 4.83. The van der Waals surface area contributed by atoms with Crippen molar-refractivity contribution >= 4 is 42.6 Å². The van der Waals surface area contributed by atoms with E-state index in [2.05, 4.69) is 10.3 Å². The van der Waals surface area contributed by atoms with Crippen LogP contribution in [0.3, 0.4) is 0 Å². The third-order valence-corrected chi connectivity index (χ3v) is 7.92. The van der Waals surface area contributed by atoms with E-state index in [4.69, 9.17) is 14.2 Å². The Morgan fingerprint density at radius 3 is 2.15 bits per heavy atom. The smallest absolute Gasteiger partial charge is 0.257 e. The van der Waals surface area contributed by atoms with Gasteiger partial charge in [0.2, 0.25) is 15.8 Å². The zero-order valence-corrected chi connectivity index (χ0v) is 21.5. The predicted octanol–water partition coefficient (Wildman–Crippen LogP) is 4.39. The first-order valence-corrected chi connectivity index (χ1v) is 13.1. The number of amides is 1. The van der Waals surface area contributed by atoms with Crippen molar-refractivity contribution in [3.05, 3.63) is 35.9 Å². The lowest BCUT2D eigenvalue weighted by Crippen LogP contribution is -2.32. The molecule has 0 radical (unpaired) electrons. The molecule has 1 aromatic heterocycles. The molecule has 0 saturated carbocycles. The Kier molecular flexibility index (Phi) is 8.34. The van der Waals surface area contributed by atoms with Crippen LogP contribution in [0.1, 0.15) is 37.0 Å². The first-order chi connectivity index (χ1) is 16.3. The number of aromatic nitrogens is 1. The van der Waals surface area contributed by atoms with Gasteiger partial charge in [-0.25, -0.2) is 13.4 Å². The van der Waals surface area contributed by atoms with Gasteiger partial charge in [0, 0.05) is 18.7 Å². The Labute approximate surface area is 203 Å². The highest BCUT2D eigenvalue weighted by molar-refractivity contribution is 7.89. The number of benzene rings is 2. The molecule has 2 aromatic carbocycles. The topological polar surface area (TPSA) is 107 Å². The molecular weight excluding hydrogens is 478 g/mol. The lowest BCUT2D eigenvalue weighted by molar-refractivity contribution is 0.102. The van der Waals surface area contributed by atoms with Crippen LogP contribution in [0.4, 0.5) is 5.13 Å². The van der Waals surface area contributed by atoms with Gasteiger partial charge in [-0.1, -0.05) is 25.2 Å². The molecule has 0 fully saturated rings. The van der Waals surface area contributed by atoms with Gasteiger partial charge >= 0.3 is 0 Å². The normalized spacial score (nSPS) is 11.6. The second-order valence-corrected chi connectivity index (χ2v) is 10.4. The monoisotopic (exact) mass is 507 g/mol. The van der Waals surface area contributed by atoms with Crippen molar-refractivity contribution in [3.8, 4) is 17.2 Å². The highest BCUT2D eigenvalue weighted by Gasteiger charge is 2.24. The van der Waals surface area contributed by atoms with Gasteiger partial charge in [-0.15, -0.1) is 0 Å². The van der Waals surface area contributed by atoms with Gasteiger partial charge < -0.3 is 14.2 Å². The summed E-state index contributed by atoms with van der Waals surface area (Å²) in [7, 11) is 0.820. The maximum atomic E-state index is 13.1. The van der Waals surface area contributed by atoms with E-state index in [0.717, 1.165) is 12.8 Å². The highest BCUT2D eigenvalue weighted by atomic mass is 32.2. The third-order valence-electron chi connectivity index (χ3n) is 5.09. The molecule has 3 rings (SSSR count). The van der Waals surface area contributed by atoms with E-state index >= 15 is 0 Å². The molecule has 1 N–H and O–H groups in total. The van der Waals surface area contributed by atoms with E-state index in [9.17, 15) is 13.2 Å². The standard InChI is InChI=1S/C23H29N3O6S2/c1-6-10-26(11-7-2)34(28,29)16-8-9-17-20(14-16)33-23(24-17)25-22(27)15-12-18(30-3)21(32-5)19(13-15)31-4/h8-9,12-14H,6-7,10-11H2,1-5H3,(H,24,25,27). The number of anilines is 1. The lowest BCUT2D eigenvalue weighted by atomic mass is 10.1. The molecule has 0 spiro atoms. The number of hydrogen-bond acceptors (Lipinski definition) is 8. The SMILES string of the molecule is CCCN(CCC)S(=O)(=O)c1ccc2nc(NC(=O)c3cc(OC)c(OC)c(OC)c3)sc2c1. The zero-order valence-electron chi connectivity index (χ0n) is 19.9. The van der Waals surface area contributed by atoms with Crippen LogP contribution in [0.5, 0.6) is 17.2 Å². The number of methoxy groups -OCH3 is 3. The fraction of sp³-hybridized carbons (Fsp3) is 0.391. The largest absolute Gasteiger partial charge is 0.493 e. The lowest BCUT2D eigenvalue weighted by Gasteiger charge is -2.20. The Bertz CT molecular complexity index is 1240. The molecule has 0 aliphatic carbocycles. The van der Waals surface area contributed by atoms with Gasteiger partial charge in [-0.2, -0.15) is 4.31 Å². The van der Waals surface area contributed by atoms with E-state index in [-0.39, 0.29) is 4.90 Å². The Morgan fingerprint density at radius 2 is 1.62 bits per heavy atom. The minimum Gasteiger partial charge on any atom is -0.493 e. The second-order valence-electron chi connectivity index (χ2n) is 7.42. The fourth-order valence-electron chi connectivity index (χ4n) is 3.50. The number of fused-ring (bicyclic) bond motifs is 1. The Morgan fingerprint density at radius 1 is 1.00 bits per heavy atom. The Balaban J connectivity index is 1.89. The summed E-state index contributed by atoms with van der Waals surface area (Å²) < 4.78 is 44.3. The number of ether oxygens (including phenoxy) is 3. The highest BCUT2D eigenvalue weighted by Crippen LogP contribution is 2.38. The molecule has 1 amide bonds. The summed E-state index contributed by atoms with van der Waals surface area (Å²) >= 11 is 1.20. The first kappa shape index (κ1) is 25.7. The third kappa shape index (κ3) is 5.26. The van der Waals surface area contributed by atoms with Crippen molar-refractivity contribution in [1.29, 1.82) is 0 Å². The van der Waals surface area contributed by atoms with Gasteiger partial charge in [0.25, 0.3) is 5.91 Å². The summed E-state index contributed by atoms with van der Waals surface area (Å²) in [5, 5.41) is 3.12. The summed E-state index contributed by atoms with van der Waals surface area (Å²) in [4.78, 5) is 17.5. The maximum Gasteiger partial charge on any atom is 0.257 e. The molecule has 0 saturated heterocycles. The number of carbonyl (C=O) groups excluding carboxylic acids is 1. The molecule has 1 heterocycles. The summed E-state index contributed by atoms with van der Waals surface area (Å²) in [6, 6.07) is 7.91. The summed E-state index contributed by atoms with van der Waals surface area (Å²) in [5.41, 5.74) is 0.897. The van der Waals surface area contributed by atoms with Crippen LogP contribution < -0.4 is 19.5 Å². The molecule has 0 bridgehead atoms. The van der Waals surface area contributed by atoms with Gasteiger partial charge in [0.1, 0.15) is 0 Å². The van der Waals surface area contributed by atoms with Crippen LogP contribution in [0, 0.1) is 0 Å². The van der Waals surface area contributed by atoms with Gasteiger partial charge in [-0.3, -0.25) is 10.1 Å². The number of nitrogens with one attached hydrogen (secondary N) is 1. The quantitative estimate of drug-likeness (QED) is 0.410. The maximum absolute atomic E-state index is 13.1. The van der Waals surface area contributed by atoms with E-state index in [0.29, 0.717) is 51.2 Å². The van der Waals surface area contributed by atoms with Gasteiger partial charge in [-0.05, 0) is 43.2 Å². The van der Waals surface area contributed by atoms with Crippen molar-refractivity contribution in [2.75, 3.05) is 39.7 Å². The number of rotatable bonds is 11. The van der Waals surface area contributed by atoms with Gasteiger partial charge in [0.15, 0.2) is 16.6 Å². The van der Waals surface area contributed by atoms with Crippen molar-refractivity contribution < 1.29 is 27.4 Å². The minimum atomic E-state index is -3.61. The van der Waals surface area contributed by atoms with E-state index in [1.165, 1.54) is 37.0 Å². The molecule has 34 heavy (non-hydrogen) atoms. The van der Waals surface area contributed by atoms with Crippen molar-refractivity contribution in [1.82, 2.24) is 9.29 Å². The molecule has 0 atom stereocenters. The van der Waals surface area contributed by atoms with Crippen molar-refractivity contribution in [2.45, 2.75) is 31.6 Å². The zero-order chi connectivity index (χ0) is 24.9. The number of sulfonamides is 1. The van der Waals surface area contributed by atoms with Gasteiger partial charge in [0.05, 0.1) is 36.4 Å². The molecular formula is C23H29N3O6S2. The number of carbonyl (C=O) groups is 1. The van der Waals surface area contributed by atoms with E-state index in [1.807, 2.05) is 13.8 Å². The minimum absolute atomic E-state index is 0.216. The summed E-state index contributed by atoms with van der Waals surface area (Å²) in [6.07, 6.45) is 1.47.